The van der Waals surface area contributed by atoms with Crippen molar-refractivity contribution in [1.82, 2.24) is 0 Å². The molecule has 4 amide bonds. The second-order valence-corrected chi connectivity index (χ2v) is 19.2. The van der Waals surface area contributed by atoms with E-state index in [1.165, 1.54) is 43.5 Å². The Kier molecular flexibility index (Phi) is 22.3. The number of aliphatic imine (C=N–C) groups is 3. The van der Waals surface area contributed by atoms with Gasteiger partial charge in [0.05, 0.1) is 34.3 Å². The number of guanidine groups is 2. The van der Waals surface area contributed by atoms with Gasteiger partial charge < -0.3 is 55.7 Å². The van der Waals surface area contributed by atoms with Gasteiger partial charge in [0.1, 0.15) is 15.5 Å². The van der Waals surface area contributed by atoms with Gasteiger partial charge in [-0.05, 0) is 88.8 Å². The standard InChI is InChI=1S/C40H60BrN13O8S2/c1-5-25(4)27(37(57)53-29-20-24(3)19-28(35(29)63(59,60)17-13-42)51-33(55)11-7-9-15-49-39(44)45)23-32(48-6-2)38(58)54-31-22-26(41)21-30(36(31)64(61,62)18-14-43)52-34(56)12-8-10-16-50-40(46)47/h6,19-23H,5,7-18,42-43H2,1-4H3,(H,51,55)(H,52,56)(H,53,57)(H,54,58)(H4,44,45,49)(H4,46,47,50). The molecule has 21 nitrogen and oxygen atoms in total. The van der Waals surface area contributed by atoms with Crippen LogP contribution in [-0.2, 0) is 38.9 Å². The van der Waals surface area contributed by atoms with Gasteiger partial charge in [-0.3, -0.25) is 34.2 Å². The van der Waals surface area contributed by atoms with Crippen LogP contribution >= 0.6 is 15.9 Å². The zero-order valence-electron chi connectivity index (χ0n) is 36.4. The molecule has 0 aliphatic carbocycles. The van der Waals surface area contributed by atoms with Gasteiger partial charge in [0.15, 0.2) is 31.6 Å². The maximum atomic E-state index is 14.3. The number of nitrogens with two attached hydrogens (primary N) is 6. The molecule has 0 aromatic heterocycles. The highest BCUT2D eigenvalue weighted by Gasteiger charge is 2.29. The molecule has 0 aliphatic heterocycles. The summed E-state index contributed by atoms with van der Waals surface area (Å²) in [4.78, 5) is 65.6. The largest absolute Gasteiger partial charge is 0.370 e. The minimum atomic E-state index is -4.24. The highest BCUT2D eigenvalue weighted by molar-refractivity contribution is 9.10. The number of benzene rings is 2. The van der Waals surface area contributed by atoms with Crippen LogP contribution in [0.1, 0.15) is 71.3 Å². The third-order valence-corrected chi connectivity index (χ3v) is 13.1. The second kappa shape index (κ2) is 26.2. The second-order valence-electron chi connectivity index (χ2n) is 14.2. The van der Waals surface area contributed by atoms with Crippen LogP contribution in [0.15, 0.2) is 76.4 Å². The average Bonchev–Trinajstić information content (AvgIpc) is 3.17. The Bertz CT molecular complexity index is 2410. The van der Waals surface area contributed by atoms with Crippen molar-refractivity contribution in [3.63, 3.8) is 0 Å². The lowest BCUT2D eigenvalue weighted by molar-refractivity contribution is -0.117. The topological polar surface area (TPSA) is 378 Å². The number of nitrogens with zero attached hydrogens (tertiary/aromatic N) is 3. The first kappa shape index (κ1) is 54.4. The van der Waals surface area contributed by atoms with E-state index in [4.69, 9.17) is 34.4 Å². The smallest absolute Gasteiger partial charge is 0.274 e. The number of carbonyl (C=O) groups is 4. The number of amides is 4. The molecule has 16 N–H and O–H groups in total. The van der Waals surface area contributed by atoms with Crippen molar-refractivity contribution in [1.29, 1.82) is 0 Å². The Hall–Kier alpha value is -5.69. The molecular weight excluding hydrogens is 935 g/mol. The molecule has 0 aliphatic rings. The number of aryl methyl sites for hydroxylation is 1. The maximum absolute atomic E-state index is 14.3. The van der Waals surface area contributed by atoms with Gasteiger partial charge in [0.2, 0.25) is 11.8 Å². The number of anilines is 4. The van der Waals surface area contributed by atoms with Gasteiger partial charge in [-0.25, -0.2) is 16.8 Å². The molecule has 24 heteroatoms. The molecule has 2 aromatic carbocycles. The molecule has 0 saturated carbocycles. The maximum Gasteiger partial charge on any atom is 0.274 e. The van der Waals surface area contributed by atoms with Crippen molar-refractivity contribution in [2.75, 3.05) is 59.0 Å². The van der Waals surface area contributed by atoms with Gasteiger partial charge in [0.25, 0.3) is 11.8 Å². The first-order valence-corrected chi connectivity index (χ1v) is 24.3. The summed E-state index contributed by atoms with van der Waals surface area (Å²) >= 11 is 3.33. The highest BCUT2D eigenvalue weighted by Crippen LogP contribution is 2.36. The monoisotopic (exact) mass is 993 g/mol. The van der Waals surface area contributed by atoms with E-state index >= 15 is 0 Å². The third kappa shape index (κ3) is 17.5. The van der Waals surface area contributed by atoms with Gasteiger partial charge in [-0.15, -0.1) is 0 Å². The summed E-state index contributed by atoms with van der Waals surface area (Å²) < 4.78 is 55.1. The Morgan fingerprint density at radius 1 is 0.688 bits per heavy atom. The van der Waals surface area contributed by atoms with E-state index in [0.717, 1.165) is 0 Å². The summed E-state index contributed by atoms with van der Waals surface area (Å²) in [5.41, 5.74) is 32.7. The first-order chi connectivity index (χ1) is 30.1. The quantitative estimate of drug-likeness (QED) is 0.0224. The van der Waals surface area contributed by atoms with Crippen LogP contribution in [0.2, 0.25) is 0 Å². The number of unbranched alkanes of at least 4 members (excludes halogenated alkanes) is 2. The van der Waals surface area contributed by atoms with E-state index in [-0.39, 0.29) is 76.8 Å². The van der Waals surface area contributed by atoms with Crippen LogP contribution in [0.5, 0.6) is 0 Å². The number of nitrogens with one attached hydrogen (secondary N) is 4. The molecule has 0 saturated heterocycles. The van der Waals surface area contributed by atoms with Crippen molar-refractivity contribution in [2.24, 2.45) is 49.4 Å². The van der Waals surface area contributed by atoms with Crippen molar-refractivity contribution in [3.05, 3.63) is 57.2 Å². The van der Waals surface area contributed by atoms with Crippen molar-refractivity contribution >= 4 is 100 Å². The predicted octanol–water partition coefficient (Wildman–Crippen LogP) is 2.27. The van der Waals surface area contributed by atoms with E-state index in [1.807, 2.05) is 0 Å². The minimum Gasteiger partial charge on any atom is -0.370 e. The Morgan fingerprint density at radius 2 is 1.11 bits per heavy atom. The average molecular weight is 995 g/mol. The number of hydrogen-bond acceptors (Lipinski definition) is 13. The fraction of sp³-hybridized carbons (Fsp3) is 0.425. The molecule has 0 radical (unpaired) electrons. The molecular formula is C40H60BrN13O8S2. The summed E-state index contributed by atoms with van der Waals surface area (Å²) in [5, 5.41) is 10.5. The summed E-state index contributed by atoms with van der Waals surface area (Å²) in [7, 11) is -8.45. The number of carbonyl (C=O) groups excluding carboxylic acids is 4. The van der Waals surface area contributed by atoms with Crippen molar-refractivity contribution in [3.8, 4) is 0 Å². The van der Waals surface area contributed by atoms with Gasteiger partial charge in [-0.1, -0.05) is 28.4 Å². The van der Waals surface area contributed by atoms with E-state index < -0.39 is 59.7 Å². The molecule has 64 heavy (non-hydrogen) atoms. The van der Waals surface area contributed by atoms with Crippen LogP contribution in [-0.4, -0.2) is 96.3 Å². The van der Waals surface area contributed by atoms with Gasteiger partial charge in [0, 0.05) is 55.3 Å². The molecule has 2 aromatic rings. The van der Waals surface area contributed by atoms with Crippen LogP contribution in [0.3, 0.4) is 0 Å². The fourth-order valence-corrected chi connectivity index (χ4v) is 9.21. The van der Waals surface area contributed by atoms with Crippen LogP contribution in [0, 0.1) is 6.92 Å². The SMILES string of the molecule is CC=NC(=CC(C(=O)Nc1cc(C)cc(NC(=O)CCCCN=C(N)N)c1S(=O)(=O)CCN)=C(C)CC)C(=O)Nc1cc(Br)cc(NC(=O)CCCCN=C(N)N)c1S(=O)(=O)CCN. The number of halogens is 1. The molecule has 0 atom stereocenters. The fourth-order valence-electron chi connectivity index (χ4n) is 5.95. The van der Waals surface area contributed by atoms with Crippen molar-refractivity contribution in [2.45, 2.75) is 82.4 Å². The minimum absolute atomic E-state index is 0.00162. The molecule has 0 heterocycles. The molecule has 0 bridgehead atoms. The lowest BCUT2D eigenvalue weighted by Gasteiger charge is -2.19. The Balaban J connectivity index is 2.65. The van der Waals surface area contributed by atoms with Gasteiger partial charge >= 0.3 is 0 Å². The van der Waals surface area contributed by atoms with Crippen LogP contribution < -0.4 is 55.7 Å². The summed E-state index contributed by atoms with van der Waals surface area (Å²) in [5.74, 6) is -4.02. The van der Waals surface area contributed by atoms with Gasteiger partial charge in [-0.2, -0.15) is 0 Å². The number of sulfone groups is 2. The molecule has 0 spiro atoms. The molecule has 0 fully saturated rings. The molecule has 352 valence electrons. The number of allylic oxidation sites excluding steroid dienone is 1. The zero-order valence-corrected chi connectivity index (χ0v) is 39.6. The molecule has 0 unspecified atom stereocenters. The first-order valence-electron chi connectivity index (χ1n) is 20.2. The van der Waals surface area contributed by atoms with Crippen LogP contribution in [0.25, 0.3) is 0 Å². The summed E-state index contributed by atoms with van der Waals surface area (Å²) in [6, 6.07) is 5.58. The van der Waals surface area contributed by atoms with E-state index in [0.29, 0.717) is 60.8 Å². The Labute approximate surface area is 382 Å². The van der Waals surface area contributed by atoms with E-state index in [1.54, 1.807) is 20.8 Å². The summed E-state index contributed by atoms with van der Waals surface area (Å²) in [6.45, 7) is 6.59. The lowest BCUT2D eigenvalue weighted by Crippen LogP contribution is -2.24. The Morgan fingerprint density at radius 3 is 1.53 bits per heavy atom. The summed E-state index contributed by atoms with van der Waals surface area (Å²) in [6.07, 6.45) is 4.50. The number of hydrogen-bond donors (Lipinski definition) is 10. The molecule has 2 rings (SSSR count). The predicted molar refractivity (Wildman–Crippen MR) is 256 cm³/mol. The highest BCUT2D eigenvalue weighted by atomic mass is 79.9. The lowest BCUT2D eigenvalue weighted by atomic mass is 10.0. The van der Waals surface area contributed by atoms with Crippen molar-refractivity contribution < 1.29 is 36.0 Å². The normalized spacial score (nSPS) is 12.3. The third-order valence-electron chi connectivity index (χ3n) is 8.96. The van der Waals surface area contributed by atoms with E-state index in [9.17, 15) is 36.0 Å². The van der Waals surface area contributed by atoms with E-state index in [2.05, 4.69) is 52.2 Å². The van der Waals surface area contributed by atoms with Crippen LogP contribution in [0.4, 0.5) is 22.7 Å². The number of rotatable bonds is 25. The zero-order chi connectivity index (χ0) is 48.2.